The number of rotatable bonds is 4. The minimum absolute atomic E-state index is 0.000908. The number of benzene rings is 2. The minimum atomic E-state index is -1.09. The average molecular weight is 330 g/mol. The maximum absolute atomic E-state index is 13.2. The van der Waals surface area contributed by atoms with Crippen molar-refractivity contribution in [2.75, 3.05) is 6.54 Å². The van der Waals surface area contributed by atoms with Gasteiger partial charge in [0.2, 0.25) is 0 Å². The Kier molecular flexibility index (Phi) is 4.31. The van der Waals surface area contributed by atoms with Gasteiger partial charge < -0.3 is 15.0 Å². The molecular formula is C18H16F2N2O2. The molecule has 0 bridgehead atoms. The molecule has 1 amide bonds. The van der Waals surface area contributed by atoms with Crippen molar-refractivity contribution in [3.63, 3.8) is 0 Å². The van der Waals surface area contributed by atoms with Gasteiger partial charge in [0.05, 0.1) is 6.10 Å². The number of aromatic nitrogens is 1. The molecular weight excluding hydrogens is 314 g/mol. The third kappa shape index (κ3) is 3.00. The van der Waals surface area contributed by atoms with Crippen LogP contribution < -0.4 is 5.32 Å². The van der Waals surface area contributed by atoms with Gasteiger partial charge in [-0.05, 0) is 24.3 Å². The number of hydrogen-bond donors (Lipinski definition) is 2. The van der Waals surface area contributed by atoms with Crippen LogP contribution in [0.5, 0.6) is 0 Å². The molecule has 1 atom stereocenters. The number of nitrogens with zero attached hydrogens (tertiary/aromatic N) is 1. The molecule has 0 aliphatic heterocycles. The molecule has 0 aliphatic rings. The lowest BCUT2D eigenvalue weighted by Crippen LogP contribution is -2.28. The Labute approximate surface area is 137 Å². The molecule has 3 rings (SSSR count). The molecule has 0 fully saturated rings. The molecule has 4 nitrogen and oxygen atoms in total. The largest absolute Gasteiger partial charge is 0.386 e. The van der Waals surface area contributed by atoms with Gasteiger partial charge in [-0.1, -0.05) is 18.2 Å². The topological polar surface area (TPSA) is 54.3 Å². The zero-order valence-electron chi connectivity index (χ0n) is 13.0. The molecule has 0 spiro atoms. The fraction of sp³-hybridized carbons (Fsp3) is 0.167. The summed E-state index contributed by atoms with van der Waals surface area (Å²) in [6.07, 6.45) is 0.893. The summed E-state index contributed by atoms with van der Waals surface area (Å²) in [7, 11) is 1.87. The number of para-hydroxylation sites is 1. The molecule has 3 aromatic rings. The van der Waals surface area contributed by atoms with Crippen LogP contribution in [0.3, 0.4) is 0 Å². The van der Waals surface area contributed by atoms with Gasteiger partial charge in [-0.2, -0.15) is 0 Å². The Morgan fingerprint density at radius 2 is 1.96 bits per heavy atom. The lowest BCUT2D eigenvalue weighted by atomic mass is 10.1. The number of aliphatic hydroxyl groups is 1. The predicted molar refractivity (Wildman–Crippen MR) is 86.6 cm³/mol. The number of hydrogen-bond acceptors (Lipinski definition) is 2. The molecule has 6 heteroatoms. The van der Waals surface area contributed by atoms with E-state index in [-0.39, 0.29) is 12.1 Å². The van der Waals surface area contributed by atoms with Crippen LogP contribution in [0, 0.1) is 11.6 Å². The van der Waals surface area contributed by atoms with Crippen molar-refractivity contribution in [1.82, 2.24) is 9.88 Å². The van der Waals surface area contributed by atoms with Gasteiger partial charge in [0.1, 0.15) is 0 Å². The Hall–Kier alpha value is -2.73. The quantitative estimate of drug-likeness (QED) is 0.773. The number of aryl methyl sites for hydroxylation is 1. The van der Waals surface area contributed by atoms with E-state index in [0.717, 1.165) is 23.0 Å². The van der Waals surface area contributed by atoms with E-state index in [1.54, 1.807) is 6.20 Å². The highest BCUT2D eigenvalue weighted by Gasteiger charge is 2.16. The van der Waals surface area contributed by atoms with Crippen molar-refractivity contribution < 1.29 is 18.7 Å². The number of amides is 1. The second-order valence-corrected chi connectivity index (χ2v) is 5.57. The van der Waals surface area contributed by atoms with E-state index in [2.05, 4.69) is 5.32 Å². The van der Waals surface area contributed by atoms with Crippen molar-refractivity contribution in [3.8, 4) is 0 Å². The lowest BCUT2D eigenvalue weighted by molar-refractivity contribution is 0.0916. The number of carbonyl (C=O) groups excluding carboxylic acids is 1. The van der Waals surface area contributed by atoms with Gasteiger partial charge in [0, 0.05) is 41.8 Å². The molecule has 1 heterocycles. The zero-order valence-corrected chi connectivity index (χ0v) is 13.0. The second-order valence-electron chi connectivity index (χ2n) is 5.57. The Morgan fingerprint density at radius 3 is 2.71 bits per heavy atom. The fourth-order valence-electron chi connectivity index (χ4n) is 2.68. The molecule has 124 valence electrons. The van der Waals surface area contributed by atoms with E-state index in [9.17, 15) is 18.7 Å². The van der Waals surface area contributed by atoms with E-state index >= 15 is 0 Å². The van der Waals surface area contributed by atoms with Crippen molar-refractivity contribution >= 4 is 16.8 Å². The van der Waals surface area contributed by atoms with Crippen LogP contribution in [-0.4, -0.2) is 22.1 Å². The predicted octanol–water partition coefficient (Wildman–Crippen LogP) is 2.92. The van der Waals surface area contributed by atoms with Crippen LogP contribution in [0.25, 0.3) is 10.9 Å². The van der Waals surface area contributed by atoms with Crippen molar-refractivity contribution in [1.29, 1.82) is 0 Å². The van der Waals surface area contributed by atoms with E-state index in [0.29, 0.717) is 5.56 Å². The summed E-state index contributed by atoms with van der Waals surface area (Å²) in [5.74, 6) is -2.67. The first-order chi connectivity index (χ1) is 11.5. The average Bonchev–Trinajstić information content (AvgIpc) is 2.92. The second kappa shape index (κ2) is 6.41. The lowest BCUT2D eigenvalue weighted by Gasteiger charge is -2.11. The van der Waals surface area contributed by atoms with Crippen LogP contribution in [0.1, 0.15) is 22.0 Å². The molecule has 0 radical (unpaired) electrons. The molecule has 1 unspecified atom stereocenters. The maximum atomic E-state index is 13.2. The maximum Gasteiger partial charge on any atom is 0.251 e. The molecule has 2 N–H and O–H groups in total. The Morgan fingerprint density at radius 1 is 1.21 bits per heavy atom. The number of nitrogens with one attached hydrogen (secondary N) is 1. The van der Waals surface area contributed by atoms with Gasteiger partial charge in [0.15, 0.2) is 11.6 Å². The summed E-state index contributed by atoms with van der Waals surface area (Å²) in [6, 6.07) is 10.5. The standard InChI is InChI=1S/C18H16F2N2O2/c1-22-10-13(12-4-2-3-5-16(12)22)17(23)9-21-18(24)11-6-7-14(19)15(20)8-11/h2-8,10,17,23H,9H2,1H3,(H,21,24). The van der Waals surface area contributed by atoms with Crippen LogP contribution in [0.15, 0.2) is 48.7 Å². The van der Waals surface area contributed by atoms with Crippen molar-refractivity contribution in [2.45, 2.75) is 6.10 Å². The first kappa shape index (κ1) is 16.1. The SMILES string of the molecule is Cn1cc(C(O)CNC(=O)c2ccc(F)c(F)c2)c2ccccc21. The molecule has 1 aromatic heterocycles. The monoisotopic (exact) mass is 330 g/mol. The highest BCUT2D eigenvalue weighted by molar-refractivity contribution is 5.94. The number of carbonyl (C=O) groups is 1. The molecule has 2 aromatic carbocycles. The Bertz CT molecular complexity index is 905. The van der Waals surface area contributed by atoms with E-state index in [4.69, 9.17) is 0 Å². The van der Waals surface area contributed by atoms with Crippen LogP contribution in [0.4, 0.5) is 8.78 Å². The summed E-state index contributed by atoms with van der Waals surface area (Å²) in [5, 5.41) is 13.8. The normalized spacial score (nSPS) is 12.3. The smallest absolute Gasteiger partial charge is 0.251 e. The molecule has 24 heavy (non-hydrogen) atoms. The summed E-state index contributed by atoms with van der Waals surface area (Å²) in [6.45, 7) is -0.0359. The van der Waals surface area contributed by atoms with E-state index in [1.165, 1.54) is 6.07 Å². The van der Waals surface area contributed by atoms with Gasteiger partial charge in [-0.3, -0.25) is 4.79 Å². The van der Waals surface area contributed by atoms with Crippen molar-refractivity contribution in [3.05, 3.63) is 71.4 Å². The van der Waals surface area contributed by atoms with Crippen molar-refractivity contribution in [2.24, 2.45) is 7.05 Å². The molecule has 0 aliphatic carbocycles. The van der Waals surface area contributed by atoms with Gasteiger partial charge in [0.25, 0.3) is 5.91 Å². The first-order valence-electron chi connectivity index (χ1n) is 7.42. The third-order valence-electron chi connectivity index (χ3n) is 3.92. The number of halogens is 2. The van der Waals surface area contributed by atoms with Crippen LogP contribution in [-0.2, 0) is 7.05 Å². The zero-order chi connectivity index (χ0) is 17.3. The highest BCUT2D eigenvalue weighted by Crippen LogP contribution is 2.25. The van der Waals surface area contributed by atoms with E-state index < -0.39 is 23.6 Å². The summed E-state index contributed by atoms with van der Waals surface area (Å²) in [4.78, 5) is 12.0. The number of aliphatic hydroxyl groups excluding tert-OH is 1. The third-order valence-corrected chi connectivity index (χ3v) is 3.92. The van der Waals surface area contributed by atoms with Gasteiger partial charge >= 0.3 is 0 Å². The minimum Gasteiger partial charge on any atom is -0.386 e. The summed E-state index contributed by atoms with van der Waals surface area (Å²) < 4.78 is 28.0. The summed E-state index contributed by atoms with van der Waals surface area (Å²) in [5.41, 5.74) is 1.66. The molecule has 0 saturated carbocycles. The summed E-state index contributed by atoms with van der Waals surface area (Å²) >= 11 is 0. The van der Waals surface area contributed by atoms with Gasteiger partial charge in [-0.25, -0.2) is 8.78 Å². The molecule has 0 saturated heterocycles. The van der Waals surface area contributed by atoms with E-state index in [1.807, 2.05) is 35.9 Å². The number of fused-ring (bicyclic) bond motifs is 1. The Balaban J connectivity index is 1.73. The van der Waals surface area contributed by atoms with Crippen LogP contribution >= 0.6 is 0 Å². The van der Waals surface area contributed by atoms with Gasteiger partial charge in [-0.15, -0.1) is 0 Å². The highest BCUT2D eigenvalue weighted by atomic mass is 19.2. The first-order valence-corrected chi connectivity index (χ1v) is 7.42. The fourth-order valence-corrected chi connectivity index (χ4v) is 2.68. The van der Waals surface area contributed by atoms with Crippen LogP contribution in [0.2, 0.25) is 0 Å².